The number of nitrogens with zero attached hydrogens (tertiary/aromatic N) is 2. The molecular formula is C12H20F2N4O2. The standard InChI is InChI=1S/C12H20F2N4O2/c1-8(2)12(3,20)7-15-11(19)17-9-4-16-18(5-9)6-10(13)14/h4-5,8,10,20H,6-7H2,1-3H3,(H2,15,17,19). The van der Waals surface area contributed by atoms with Crippen LogP contribution in [0.5, 0.6) is 0 Å². The molecule has 1 aromatic heterocycles. The van der Waals surface area contributed by atoms with Gasteiger partial charge in [-0.2, -0.15) is 5.10 Å². The fraction of sp³-hybridized carbons (Fsp3) is 0.667. The lowest BCUT2D eigenvalue weighted by atomic mass is 9.93. The summed E-state index contributed by atoms with van der Waals surface area (Å²) in [5, 5.41) is 18.6. The number of amides is 2. The van der Waals surface area contributed by atoms with E-state index in [1.54, 1.807) is 6.92 Å². The van der Waals surface area contributed by atoms with Gasteiger partial charge in [0.15, 0.2) is 0 Å². The van der Waals surface area contributed by atoms with Crippen molar-refractivity contribution < 1.29 is 18.7 Å². The van der Waals surface area contributed by atoms with Crippen molar-refractivity contribution >= 4 is 11.7 Å². The molecule has 0 bridgehead atoms. The largest absolute Gasteiger partial charge is 0.388 e. The molecule has 1 heterocycles. The average molecular weight is 290 g/mol. The molecule has 0 radical (unpaired) electrons. The van der Waals surface area contributed by atoms with Crippen LogP contribution in [0.15, 0.2) is 12.4 Å². The van der Waals surface area contributed by atoms with E-state index in [4.69, 9.17) is 0 Å². The molecule has 1 aromatic rings. The first-order valence-corrected chi connectivity index (χ1v) is 6.28. The molecule has 1 atom stereocenters. The van der Waals surface area contributed by atoms with Crippen LogP contribution < -0.4 is 10.6 Å². The number of hydrogen-bond donors (Lipinski definition) is 3. The van der Waals surface area contributed by atoms with Crippen LogP contribution >= 0.6 is 0 Å². The van der Waals surface area contributed by atoms with E-state index >= 15 is 0 Å². The summed E-state index contributed by atoms with van der Waals surface area (Å²) in [6.45, 7) is 4.87. The van der Waals surface area contributed by atoms with Gasteiger partial charge in [0.25, 0.3) is 6.43 Å². The van der Waals surface area contributed by atoms with Gasteiger partial charge in [-0.15, -0.1) is 0 Å². The number of aliphatic hydroxyl groups is 1. The molecule has 0 fully saturated rings. The SMILES string of the molecule is CC(C)C(C)(O)CNC(=O)Nc1cnn(CC(F)F)c1. The Morgan fingerprint density at radius 1 is 1.55 bits per heavy atom. The molecule has 0 aromatic carbocycles. The zero-order chi connectivity index (χ0) is 15.3. The molecule has 0 spiro atoms. The quantitative estimate of drug-likeness (QED) is 0.745. The molecule has 3 N–H and O–H groups in total. The summed E-state index contributed by atoms with van der Waals surface area (Å²) in [5.41, 5.74) is -0.704. The second-order valence-electron chi connectivity index (χ2n) is 5.16. The van der Waals surface area contributed by atoms with E-state index < -0.39 is 24.6 Å². The third-order valence-electron chi connectivity index (χ3n) is 3.07. The third-order valence-corrected chi connectivity index (χ3v) is 3.07. The van der Waals surface area contributed by atoms with E-state index in [2.05, 4.69) is 15.7 Å². The monoisotopic (exact) mass is 290 g/mol. The van der Waals surface area contributed by atoms with Crippen LogP contribution in [0.4, 0.5) is 19.3 Å². The molecule has 20 heavy (non-hydrogen) atoms. The van der Waals surface area contributed by atoms with Crippen LogP contribution in [-0.4, -0.2) is 39.5 Å². The van der Waals surface area contributed by atoms with Gasteiger partial charge in [0.05, 0.1) is 17.5 Å². The van der Waals surface area contributed by atoms with Crippen LogP contribution in [0.2, 0.25) is 0 Å². The van der Waals surface area contributed by atoms with Gasteiger partial charge in [0.2, 0.25) is 0 Å². The highest BCUT2D eigenvalue weighted by Crippen LogP contribution is 2.14. The lowest BCUT2D eigenvalue weighted by molar-refractivity contribution is 0.0170. The summed E-state index contributed by atoms with van der Waals surface area (Å²) in [4.78, 5) is 11.6. The number of carbonyl (C=O) groups excluding carboxylic acids is 1. The zero-order valence-electron chi connectivity index (χ0n) is 11.7. The number of rotatable bonds is 6. The molecule has 1 rings (SSSR count). The van der Waals surface area contributed by atoms with E-state index in [0.717, 1.165) is 4.68 Å². The number of carbonyl (C=O) groups is 1. The Morgan fingerprint density at radius 3 is 2.75 bits per heavy atom. The Kier molecular flexibility index (Phi) is 5.43. The number of alkyl halides is 2. The Balaban J connectivity index is 2.45. The minimum atomic E-state index is -2.50. The maximum atomic E-state index is 12.1. The second-order valence-corrected chi connectivity index (χ2v) is 5.16. The normalized spacial score (nSPS) is 14.4. The molecule has 114 valence electrons. The molecule has 1 unspecified atom stereocenters. The van der Waals surface area contributed by atoms with Crippen LogP contribution in [0.1, 0.15) is 20.8 Å². The summed E-state index contributed by atoms with van der Waals surface area (Å²) in [7, 11) is 0. The molecular weight excluding hydrogens is 270 g/mol. The lowest BCUT2D eigenvalue weighted by Crippen LogP contribution is -2.45. The van der Waals surface area contributed by atoms with Gasteiger partial charge in [-0.25, -0.2) is 13.6 Å². The maximum Gasteiger partial charge on any atom is 0.319 e. The predicted molar refractivity (Wildman–Crippen MR) is 70.7 cm³/mol. The second kappa shape index (κ2) is 6.65. The highest BCUT2D eigenvalue weighted by Gasteiger charge is 2.25. The minimum Gasteiger partial charge on any atom is -0.388 e. The number of urea groups is 1. The fourth-order valence-corrected chi connectivity index (χ4v) is 1.31. The molecule has 6 nitrogen and oxygen atoms in total. The van der Waals surface area contributed by atoms with Crippen molar-refractivity contribution in [3.8, 4) is 0 Å². The highest BCUT2D eigenvalue weighted by molar-refractivity contribution is 5.88. The predicted octanol–water partition coefficient (Wildman–Crippen LogP) is 1.68. The van der Waals surface area contributed by atoms with E-state index in [1.165, 1.54) is 12.4 Å². The van der Waals surface area contributed by atoms with Crippen molar-refractivity contribution in [1.29, 1.82) is 0 Å². The van der Waals surface area contributed by atoms with Gasteiger partial charge in [-0.1, -0.05) is 13.8 Å². The summed E-state index contributed by atoms with van der Waals surface area (Å²) in [6, 6.07) is -0.525. The van der Waals surface area contributed by atoms with E-state index in [9.17, 15) is 18.7 Å². The van der Waals surface area contributed by atoms with Gasteiger partial charge in [0.1, 0.15) is 6.54 Å². The van der Waals surface area contributed by atoms with Crippen LogP contribution in [0, 0.1) is 5.92 Å². The molecule has 2 amide bonds. The van der Waals surface area contributed by atoms with Crippen molar-refractivity contribution in [2.24, 2.45) is 5.92 Å². The number of anilines is 1. The van der Waals surface area contributed by atoms with Gasteiger partial charge >= 0.3 is 6.03 Å². The van der Waals surface area contributed by atoms with Crippen LogP contribution in [0.3, 0.4) is 0 Å². The van der Waals surface area contributed by atoms with Gasteiger partial charge in [-0.05, 0) is 12.8 Å². The highest BCUT2D eigenvalue weighted by atomic mass is 19.3. The summed E-state index contributed by atoms with van der Waals surface area (Å²) >= 11 is 0. The fourth-order valence-electron chi connectivity index (χ4n) is 1.31. The van der Waals surface area contributed by atoms with Crippen LogP contribution in [0.25, 0.3) is 0 Å². The Hall–Kier alpha value is -1.70. The number of hydrogen-bond acceptors (Lipinski definition) is 3. The molecule has 0 aliphatic rings. The van der Waals surface area contributed by atoms with E-state index in [0.29, 0.717) is 5.69 Å². The zero-order valence-corrected chi connectivity index (χ0v) is 11.7. The van der Waals surface area contributed by atoms with Crippen molar-refractivity contribution in [1.82, 2.24) is 15.1 Å². The third kappa shape index (κ3) is 5.12. The molecule has 0 saturated heterocycles. The maximum absolute atomic E-state index is 12.1. The van der Waals surface area contributed by atoms with Gasteiger partial charge in [0, 0.05) is 12.7 Å². The molecule has 0 aliphatic carbocycles. The van der Waals surface area contributed by atoms with Crippen molar-refractivity contribution in [2.75, 3.05) is 11.9 Å². The first-order valence-electron chi connectivity index (χ1n) is 6.28. The molecule has 0 aliphatic heterocycles. The first-order chi connectivity index (χ1) is 9.20. The summed E-state index contributed by atoms with van der Waals surface area (Å²) in [5.74, 6) is -0.0170. The summed E-state index contributed by atoms with van der Waals surface area (Å²) < 4.78 is 25.3. The molecule has 8 heteroatoms. The van der Waals surface area contributed by atoms with Crippen molar-refractivity contribution in [3.63, 3.8) is 0 Å². The summed E-state index contributed by atoms with van der Waals surface area (Å²) in [6.07, 6.45) is 0.0900. The Labute approximate surface area is 116 Å². The molecule has 0 saturated carbocycles. The van der Waals surface area contributed by atoms with E-state index in [1.807, 2.05) is 13.8 Å². The van der Waals surface area contributed by atoms with Gasteiger partial charge < -0.3 is 15.7 Å². The first kappa shape index (κ1) is 16.4. The Morgan fingerprint density at radius 2 is 2.20 bits per heavy atom. The Bertz CT molecular complexity index is 446. The minimum absolute atomic E-state index is 0.0170. The van der Waals surface area contributed by atoms with Crippen molar-refractivity contribution in [2.45, 2.75) is 39.3 Å². The van der Waals surface area contributed by atoms with Crippen molar-refractivity contribution in [3.05, 3.63) is 12.4 Å². The topological polar surface area (TPSA) is 79.2 Å². The number of aromatic nitrogens is 2. The number of nitrogens with one attached hydrogen (secondary N) is 2. The lowest BCUT2D eigenvalue weighted by Gasteiger charge is -2.27. The smallest absolute Gasteiger partial charge is 0.319 e. The van der Waals surface area contributed by atoms with Crippen LogP contribution in [-0.2, 0) is 6.54 Å². The van der Waals surface area contributed by atoms with E-state index in [-0.39, 0.29) is 12.5 Å². The number of halogens is 2. The average Bonchev–Trinajstić information content (AvgIpc) is 2.73. The van der Waals surface area contributed by atoms with Gasteiger partial charge in [-0.3, -0.25) is 4.68 Å².